The Bertz CT molecular complexity index is 342. The van der Waals surface area contributed by atoms with Gasteiger partial charge >= 0.3 is 0 Å². The molecule has 3 N–H and O–H groups in total. The fourth-order valence-electron chi connectivity index (χ4n) is 1.74. The average molecular weight is 249 g/mol. The molecule has 6 nitrogen and oxygen atoms in total. The van der Waals surface area contributed by atoms with E-state index >= 15 is 0 Å². The van der Waals surface area contributed by atoms with Gasteiger partial charge in [-0.3, -0.25) is 4.79 Å². The molecule has 1 atom stereocenters. The molecule has 1 heterocycles. The Labute approximate surface area is 96.2 Å². The maximum atomic E-state index is 11.5. The summed E-state index contributed by atoms with van der Waals surface area (Å²) >= 11 is 0. The first kappa shape index (κ1) is 13.4. The van der Waals surface area contributed by atoms with Crippen molar-refractivity contribution in [3.05, 3.63) is 0 Å². The number of nitrogens with one attached hydrogen (secondary N) is 1. The van der Waals surface area contributed by atoms with Gasteiger partial charge in [-0.25, -0.2) is 13.6 Å². The highest BCUT2D eigenvalue weighted by molar-refractivity contribution is 7.89. The van der Waals surface area contributed by atoms with E-state index in [9.17, 15) is 13.2 Å². The Morgan fingerprint density at radius 1 is 1.56 bits per heavy atom. The molecule has 1 aliphatic rings. The van der Waals surface area contributed by atoms with Gasteiger partial charge < -0.3 is 10.2 Å². The number of sulfonamides is 1. The van der Waals surface area contributed by atoms with Crippen LogP contribution in [-0.2, 0) is 14.8 Å². The fraction of sp³-hybridized carbons (Fsp3) is 0.889. The van der Waals surface area contributed by atoms with Gasteiger partial charge in [0.25, 0.3) is 0 Å². The number of likely N-dealkylation sites (tertiary alicyclic amines) is 1. The van der Waals surface area contributed by atoms with Gasteiger partial charge in [0, 0.05) is 19.5 Å². The van der Waals surface area contributed by atoms with Crippen LogP contribution in [0.3, 0.4) is 0 Å². The van der Waals surface area contributed by atoms with Crippen LogP contribution in [0.25, 0.3) is 0 Å². The molecule has 0 spiro atoms. The molecule has 0 bridgehead atoms. The second-order valence-corrected chi connectivity index (χ2v) is 5.81. The molecule has 0 radical (unpaired) electrons. The van der Waals surface area contributed by atoms with Crippen molar-refractivity contribution in [2.75, 3.05) is 26.2 Å². The van der Waals surface area contributed by atoms with Crippen molar-refractivity contribution in [3.8, 4) is 0 Å². The highest BCUT2D eigenvalue weighted by atomic mass is 32.2. The number of carbonyl (C=O) groups excluding carboxylic acids is 1. The summed E-state index contributed by atoms with van der Waals surface area (Å²) in [6.45, 7) is 4.58. The Hall–Kier alpha value is -0.660. The second-order valence-electron chi connectivity index (χ2n) is 3.96. The minimum absolute atomic E-state index is 0.0278. The van der Waals surface area contributed by atoms with Crippen molar-refractivity contribution >= 4 is 15.9 Å². The van der Waals surface area contributed by atoms with Crippen LogP contribution >= 0.6 is 0 Å². The van der Waals surface area contributed by atoms with Gasteiger partial charge in [0.1, 0.15) is 5.25 Å². The first-order valence-electron chi connectivity index (χ1n) is 5.45. The molecule has 1 fully saturated rings. The Morgan fingerprint density at radius 3 is 2.75 bits per heavy atom. The highest BCUT2D eigenvalue weighted by Crippen LogP contribution is 2.16. The molecule has 0 saturated carbocycles. The number of nitrogens with zero attached hydrogens (tertiary/aromatic N) is 1. The van der Waals surface area contributed by atoms with Crippen molar-refractivity contribution in [1.82, 2.24) is 10.2 Å². The zero-order valence-corrected chi connectivity index (χ0v) is 10.3. The molecule has 1 aliphatic heterocycles. The number of carbonyl (C=O) groups is 1. The summed E-state index contributed by atoms with van der Waals surface area (Å²) in [6.07, 6.45) is 0.858. The standard InChI is InChI=1S/C9H19N3O3S/c1-2-11-4-3-5-12-7-8(6-9(12)13)16(10,14)15/h8,11H,2-7H2,1H3,(H2,10,14,15). The smallest absolute Gasteiger partial charge is 0.224 e. The SMILES string of the molecule is CCNCCCN1CC(S(N)(=O)=O)CC1=O. The number of nitrogens with two attached hydrogens (primary N) is 1. The number of hydrogen-bond acceptors (Lipinski definition) is 4. The largest absolute Gasteiger partial charge is 0.341 e. The van der Waals surface area contributed by atoms with E-state index in [-0.39, 0.29) is 18.9 Å². The monoisotopic (exact) mass is 249 g/mol. The van der Waals surface area contributed by atoms with Gasteiger partial charge in [0.2, 0.25) is 15.9 Å². The van der Waals surface area contributed by atoms with Gasteiger partial charge in [0.05, 0.1) is 0 Å². The third kappa shape index (κ3) is 3.73. The van der Waals surface area contributed by atoms with E-state index in [1.54, 1.807) is 4.90 Å². The zero-order valence-electron chi connectivity index (χ0n) is 9.48. The fourth-order valence-corrected chi connectivity index (χ4v) is 2.51. The number of rotatable bonds is 6. The maximum Gasteiger partial charge on any atom is 0.224 e. The predicted octanol–water partition coefficient (Wildman–Crippen LogP) is -1.12. The van der Waals surface area contributed by atoms with Crippen molar-refractivity contribution in [2.45, 2.75) is 25.0 Å². The molecule has 94 valence electrons. The first-order chi connectivity index (χ1) is 7.45. The van der Waals surface area contributed by atoms with E-state index in [2.05, 4.69) is 5.32 Å². The van der Waals surface area contributed by atoms with Crippen molar-refractivity contribution in [2.24, 2.45) is 5.14 Å². The Morgan fingerprint density at radius 2 is 2.25 bits per heavy atom. The van der Waals surface area contributed by atoms with Gasteiger partial charge in [-0.05, 0) is 19.5 Å². The van der Waals surface area contributed by atoms with Crippen molar-refractivity contribution in [1.29, 1.82) is 0 Å². The quantitative estimate of drug-likeness (QED) is 0.583. The van der Waals surface area contributed by atoms with Crippen LogP contribution in [0.4, 0.5) is 0 Å². The van der Waals surface area contributed by atoms with Crippen LogP contribution in [0.2, 0.25) is 0 Å². The number of primary sulfonamides is 1. The maximum absolute atomic E-state index is 11.5. The molecule has 7 heteroatoms. The molecular formula is C9H19N3O3S. The molecule has 0 aromatic heterocycles. The van der Waals surface area contributed by atoms with Crippen LogP contribution in [0.15, 0.2) is 0 Å². The molecule has 1 saturated heterocycles. The summed E-state index contributed by atoms with van der Waals surface area (Å²) in [5.41, 5.74) is 0. The molecule has 1 rings (SSSR count). The zero-order chi connectivity index (χ0) is 12.2. The third-order valence-electron chi connectivity index (χ3n) is 2.68. The summed E-state index contributed by atoms with van der Waals surface area (Å²) in [4.78, 5) is 13.1. The van der Waals surface area contributed by atoms with Gasteiger partial charge in [-0.2, -0.15) is 0 Å². The number of amides is 1. The summed E-state index contributed by atoms with van der Waals surface area (Å²) < 4.78 is 22.2. The lowest BCUT2D eigenvalue weighted by atomic mass is 10.4. The molecule has 16 heavy (non-hydrogen) atoms. The molecule has 1 amide bonds. The Kier molecular flexibility index (Phi) is 4.69. The van der Waals surface area contributed by atoms with Crippen LogP contribution in [0.1, 0.15) is 19.8 Å². The molecule has 0 aliphatic carbocycles. The third-order valence-corrected chi connectivity index (χ3v) is 3.92. The summed E-state index contributed by atoms with van der Waals surface area (Å²) in [6, 6.07) is 0. The second kappa shape index (κ2) is 5.60. The number of hydrogen-bond donors (Lipinski definition) is 2. The summed E-state index contributed by atoms with van der Waals surface area (Å²) in [5, 5.41) is 7.45. The van der Waals surface area contributed by atoms with Crippen molar-refractivity contribution < 1.29 is 13.2 Å². The van der Waals surface area contributed by atoms with Crippen LogP contribution in [0, 0.1) is 0 Å². The molecule has 0 aromatic carbocycles. The normalized spacial score (nSPS) is 21.8. The van der Waals surface area contributed by atoms with E-state index in [1.165, 1.54) is 0 Å². The lowest BCUT2D eigenvalue weighted by Gasteiger charge is -2.15. The highest BCUT2D eigenvalue weighted by Gasteiger charge is 2.35. The summed E-state index contributed by atoms with van der Waals surface area (Å²) in [5.74, 6) is -0.115. The van der Waals surface area contributed by atoms with E-state index in [0.717, 1.165) is 19.5 Å². The van der Waals surface area contributed by atoms with E-state index in [0.29, 0.717) is 6.54 Å². The molecule has 0 aromatic rings. The van der Waals surface area contributed by atoms with Gasteiger partial charge in [0.15, 0.2) is 0 Å². The van der Waals surface area contributed by atoms with Gasteiger partial charge in [-0.1, -0.05) is 6.92 Å². The molecule has 1 unspecified atom stereocenters. The van der Waals surface area contributed by atoms with Gasteiger partial charge in [-0.15, -0.1) is 0 Å². The summed E-state index contributed by atoms with van der Waals surface area (Å²) in [7, 11) is -3.58. The topological polar surface area (TPSA) is 92.5 Å². The van der Waals surface area contributed by atoms with Crippen LogP contribution in [0.5, 0.6) is 0 Å². The molecular weight excluding hydrogens is 230 g/mol. The minimum atomic E-state index is -3.58. The average Bonchev–Trinajstić information content (AvgIpc) is 2.55. The minimum Gasteiger partial charge on any atom is -0.341 e. The lowest BCUT2D eigenvalue weighted by Crippen LogP contribution is -2.33. The van der Waals surface area contributed by atoms with E-state index in [1.807, 2.05) is 6.92 Å². The van der Waals surface area contributed by atoms with Crippen LogP contribution < -0.4 is 10.5 Å². The lowest BCUT2D eigenvalue weighted by molar-refractivity contribution is -0.127. The van der Waals surface area contributed by atoms with E-state index in [4.69, 9.17) is 5.14 Å². The van der Waals surface area contributed by atoms with E-state index < -0.39 is 15.3 Å². The predicted molar refractivity (Wildman–Crippen MR) is 61.3 cm³/mol. The van der Waals surface area contributed by atoms with Crippen LogP contribution in [-0.4, -0.2) is 50.7 Å². The van der Waals surface area contributed by atoms with Crippen molar-refractivity contribution in [3.63, 3.8) is 0 Å². The first-order valence-corrected chi connectivity index (χ1v) is 7.06. The Balaban J connectivity index is 2.37.